The van der Waals surface area contributed by atoms with Crippen LogP contribution in [0.1, 0.15) is 47.0 Å². The smallest absolute Gasteiger partial charge is 0.311 e. The molecule has 3 aliphatic rings. The number of carbonyl (C=O) groups excluding carboxylic acids is 3. The minimum absolute atomic E-state index is 0.0196. The van der Waals surface area contributed by atoms with Crippen LogP contribution in [-0.2, 0) is 19.1 Å². The van der Waals surface area contributed by atoms with E-state index in [2.05, 4.69) is 5.32 Å². The van der Waals surface area contributed by atoms with E-state index in [9.17, 15) is 19.5 Å². The Morgan fingerprint density at radius 1 is 1.29 bits per heavy atom. The maximum atomic E-state index is 14.1. The fourth-order valence-electron chi connectivity index (χ4n) is 6.17. The highest BCUT2D eigenvalue weighted by molar-refractivity contribution is 8.02. The van der Waals surface area contributed by atoms with Crippen LogP contribution in [0.3, 0.4) is 0 Å². The summed E-state index contributed by atoms with van der Waals surface area (Å²) < 4.78 is 4.19. The predicted octanol–water partition coefficient (Wildman–Crippen LogP) is 3.73. The van der Waals surface area contributed by atoms with E-state index >= 15 is 0 Å². The SMILES string of the molecule is CCOC(=O)[C@H]1[C@H]2C(=O)N([C@@H](CO)[C@@H](C)CC)C(C(=O)Nc3ccc(Cl)cc3)C23CC[C@]1(C)S3. The lowest BCUT2D eigenvalue weighted by molar-refractivity contribution is -0.155. The van der Waals surface area contributed by atoms with Crippen molar-refractivity contribution < 1.29 is 24.2 Å². The van der Waals surface area contributed by atoms with Crippen molar-refractivity contribution in [1.29, 1.82) is 0 Å². The predicted molar refractivity (Wildman–Crippen MR) is 133 cm³/mol. The van der Waals surface area contributed by atoms with Crippen molar-refractivity contribution >= 4 is 46.8 Å². The summed E-state index contributed by atoms with van der Waals surface area (Å²) in [5.74, 6) is -2.21. The van der Waals surface area contributed by atoms with Crippen molar-refractivity contribution in [3.63, 3.8) is 0 Å². The van der Waals surface area contributed by atoms with Gasteiger partial charge in [0, 0.05) is 15.5 Å². The first-order valence-corrected chi connectivity index (χ1v) is 13.2. The number of halogens is 1. The molecule has 0 aliphatic carbocycles. The third-order valence-corrected chi connectivity index (χ3v) is 10.2. The molecule has 7 atom stereocenters. The molecule has 2 bridgehead atoms. The van der Waals surface area contributed by atoms with Crippen molar-refractivity contribution in [1.82, 2.24) is 4.90 Å². The molecule has 2 N–H and O–H groups in total. The molecule has 3 aliphatic heterocycles. The standard InChI is InChI=1S/C25H33ClN2O5S/c1-5-14(3)17(13-29)28-20(21(30)27-16-9-7-15(26)8-10-16)25-12-11-24(4,34-25)19(18(25)22(28)31)23(32)33-6-2/h7-10,14,17-20,29H,5-6,11-13H2,1-4H3,(H,27,30)/t14-,17-,18-,19+,20?,24-,25?/m0/s1. The third kappa shape index (κ3) is 3.82. The van der Waals surface area contributed by atoms with Gasteiger partial charge in [0.15, 0.2) is 0 Å². The first kappa shape index (κ1) is 25.3. The monoisotopic (exact) mass is 508 g/mol. The minimum atomic E-state index is -0.807. The number of fused-ring (bicyclic) bond motifs is 1. The van der Waals surface area contributed by atoms with Gasteiger partial charge in [0.25, 0.3) is 0 Å². The Bertz CT molecular complexity index is 975. The second kappa shape index (κ2) is 9.36. The van der Waals surface area contributed by atoms with Crippen LogP contribution in [0.5, 0.6) is 0 Å². The summed E-state index contributed by atoms with van der Waals surface area (Å²) >= 11 is 7.59. The number of aliphatic hydroxyl groups excluding tert-OH is 1. The second-order valence-corrected chi connectivity index (χ2v) is 12.2. The molecule has 7 nitrogen and oxygen atoms in total. The number of nitrogens with zero attached hydrogens (tertiary/aromatic N) is 1. The first-order valence-electron chi connectivity index (χ1n) is 12.0. The number of hydrogen-bond donors (Lipinski definition) is 2. The Balaban J connectivity index is 1.78. The lowest BCUT2D eigenvalue weighted by Crippen LogP contribution is -2.56. The minimum Gasteiger partial charge on any atom is -0.466 e. The maximum absolute atomic E-state index is 14.1. The number of thioether (sulfide) groups is 1. The van der Waals surface area contributed by atoms with Gasteiger partial charge in [0.05, 0.1) is 35.8 Å². The molecule has 186 valence electrons. The van der Waals surface area contributed by atoms with Crippen LogP contribution in [0, 0.1) is 17.8 Å². The van der Waals surface area contributed by atoms with Crippen LogP contribution in [0.4, 0.5) is 5.69 Å². The lowest BCUT2D eigenvalue weighted by atomic mass is 9.66. The summed E-state index contributed by atoms with van der Waals surface area (Å²) in [4.78, 5) is 42.6. The average molecular weight is 509 g/mol. The Labute approximate surface area is 209 Å². The van der Waals surface area contributed by atoms with E-state index < -0.39 is 33.4 Å². The molecule has 1 spiro atoms. The summed E-state index contributed by atoms with van der Waals surface area (Å²) in [6.07, 6.45) is 2.11. The zero-order valence-electron chi connectivity index (χ0n) is 20.0. The number of esters is 1. The molecule has 1 aromatic rings. The number of anilines is 1. The molecule has 34 heavy (non-hydrogen) atoms. The van der Waals surface area contributed by atoms with E-state index in [1.54, 1.807) is 47.9 Å². The molecular weight excluding hydrogens is 476 g/mol. The average Bonchev–Trinajstić information content (AvgIpc) is 3.37. The maximum Gasteiger partial charge on any atom is 0.311 e. The molecule has 2 amide bonds. The van der Waals surface area contributed by atoms with E-state index in [1.807, 2.05) is 20.8 Å². The van der Waals surface area contributed by atoms with E-state index in [0.29, 0.717) is 17.1 Å². The number of nitrogens with one attached hydrogen (secondary N) is 1. The molecule has 9 heteroatoms. The van der Waals surface area contributed by atoms with Gasteiger partial charge in [-0.05, 0) is 56.9 Å². The summed E-state index contributed by atoms with van der Waals surface area (Å²) in [6, 6.07) is 5.50. The van der Waals surface area contributed by atoms with Crippen LogP contribution in [0.25, 0.3) is 0 Å². The van der Waals surface area contributed by atoms with Crippen LogP contribution in [0.2, 0.25) is 5.02 Å². The number of rotatable bonds is 8. The van der Waals surface area contributed by atoms with Crippen molar-refractivity contribution in [2.45, 2.75) is 68.5 Å². The van der Waals surface area contributed by atoms with Crippen molar-refractivity contribution in [3.8, 4) is 0 Å². The van der Waals surface area contributed by atoms with Gasteiger partial charge >= 0.3 is 5.97 Å². The van der Waals surface area contributed by atoms with Crippen LogP contribution in [-0.4, -0.2) is 62.6 Å². The highest BCUT2D eigenvalue weighted by Crippen LogP contribution is 2.71. The highest BCUT2D eigenvalue weighted by Gasteiger charge is 2.78. The Kier molecular flexibility index (Phi) is 6.97. The zero-order chi connectivity index (χ0) is 24.8. The van der Waals surface area contributed by atoms with Gasteiger partial charge in [-0.2, -0.15) is 0 Å². The normalized spacial score (nSPS) is 33.5. The van der Waals surface area contributed by atoms with Crippen LogP contribution < -0.4 is 5.32 Å². The Morgan fingerprint density at radius 3 is 2.56 bits per heavy atom. The van der Waals surface area contributed by atoms with Crippen molar-refractivity contribution in [2.24, 2.45) is 17.8 Å². The number of benzene rings is 1. The van der Waals surface area contributed by atoms with E-state index in [-0.39, 0.29) is 36.9 Å². The number of ether oxygens (including phenoxy) is 1. The molecule has 3 fully saturated rings. The summed E-state index contributed by atoms with van der Waals surface area (Å²) in [7, 11) is 0. The molecule has 3 heterocycles. The summed E-state index contributed by atoms with van der Waals surface area (Å²) in [6.45, 7) is 7.73. The largest absolute Gasteiger partial charge is 0.466 e. The molecule has 4 rings (SSSR count). The summed E-state index contributed by atoms with van der Waals surface area (Å²) in [5.41, 5.74) is 0.580. The molecule has 0 aromatic heterocycles. The Morgan fingerprint density at radius 2 is 1.97 bits per heavy atom. The Hall–Kier alpha value is -1.77. The van der Waals surface area contributed by atoms with Gasteiger partial charge in [0.1, 0.15) is 6.04 Å². The van der Waals surface area contributed by atoms with Gasteiger partial charge < -0.3 is 20.1 Å². The van der Waals surface area contributed by atoms with Gasteiger partial charge in [-0.3, -0.25) is 14.4 Å². The zero-order valence-corrected chi connectivity index (χ0v) is 21.6. The first-order chi connectivity index (χ1) is 16.1. The molecule has 3 saturated heterocycles. The van der Waals surface area contributed by atoms with Gasteiger partial charge in [-0.1, -0.05) is 31.9 Å². The summed E-state index contributed by atoms with van der Waals surface area (Å²) in [5, 5.41) is 13.9. The third-order valence-electron chi connectivity index (χ3n) is 7.96. The lowest BCUT2D eigenvalue weighted by Gasteiger charge is -2.39. The number of hydrogen-bond acceptors (Lipinski definition) is 6. The number of aliphatic hydroxyl groups is 1. The molecular formula is C25H33ClN2O5S. The van der Waals surface area contributed by atoms with Crippen molar-refractivity contribution in [3.05, 3.63) is 29.3 Å². The van der Waals surface area contributed by atoms with Gasteiger partial charge in [0.2, 0.25) is 11.8 Å². The van der Waals surface area contributed by atoms with Crippen LogP contribution in [0.15, 0.2) is 24.3 Å². The number of amides is 2. The highest BCUT2D eigenvalue weighted by atomic mass is 35.5. The van der Waals surface area contributed by atoms with E-state index in [0.717, 1.165) is 12.8 Å². The van der Waals surface area contributed by atoms with Crippen LogP contribution >= 0.6 is 23.4 Å². The van der Waals surface area contributed by atoms with Crippen molar-refractivity contribution in [2.75, 3.05) is 18.5 Å². The number of carbonyl (C=O) groups is 3. The molecule has 2 unspecified atom stereocenters. The molecule has 0 saturated carbocycles. The second-order valence-electron chi connectivity index (χ2n) is 9.86. The number of likely N-dealkylation sites (tertiary alicyclic amines) is 1. The van der Waals surface area contributed by atoms with E-state index in [1.165, 1.54) is 0 Å². The quantitative estimate of drug-likeness (QED) is 0.519. The van der Waals surface area contributed by atoms with Gasteiger partial charge in [-0.25, -0.2) is 0 Å². The van der Waals surface area contributed by atoms with E-state index in [4.69, 9.17) is 16.3 Å². The van der Waals surface area contributed by atoms with Gasteiger partial charge in [-0.15, -0.1) is 11.8 Å². The topological polar surface area (TPSA) is 95.9 Å². The fraction of sp³-hybridized carbons (Fsp3) is 0.640. The fourth-order valence-corrected chi connectivity index (χ4v) is 8.63. The molecule has 0 radical (unpaired) electrons. The molecule has 1 aromatic carbocycles.